The Balaban J connectivity index is 1.97. The lowest BCUT2D eigenvalue weighted by atomic mass is 10.1. The predicted octanol–water partition coefficient (Wildman–Crippen LogP) is 5.66. The van der Waals surface area contributed by atoms with Gasteiger partial charge in [0.25, 0.3) is 0 Å². The van der Waals surface area contributed by atoms with Gasteiger partial charge in [0.05, 0.1) is 6.04 Å². The van der Waals surface area contributed by atoms with E-state index in [9.17, 15) is 9.59 Å². The molecule has 1 saturated heterocycles. The molecule has 1 heterocycles. The summed E-state index contributed by atoms with van der Waals surface area (Å²) in [6.45, 7) is 4.09. The van der Waals surface area contributed by atoms with Crippen LogP contribution in [0.1, 0.15) is 70.8 Å². The van der Waals surface area contributed by atoms with E-state index in [1.54, 1.807) is 6.92 Å². The van der Waals surface area contributed by atoms with Crippen molar-refractivity contribution in [3.05, 3.63) is 48.0 Å². The maximum atomic E-state index is 12.8. The van der Waals surface area contributed by atoms with E-state index >= 15 is 0 Å². The predicted molar refractivity (Wildman–Crippen MR) is 108 cm³/mol. The normalized spacial score (nSPS) is 19.6. The first-order chi connectivity index (χ1) is 13.1. The highest BCUT2D eigenvalue weighted by Crippen LogP contribution is 2.29. The maximum absolute atomic E-state index is 12.8. The summed E-state index contributed by atoms with van der Waals surface area (Å²) in [5, 5.41) is 0. The molecular formula is C23H33NO3. The highest BCUT2D eigenvalue weighted by molar-refractivity contribution is 5.75. The number of ketones is 1. The Morgan fingerprint density at radius 3 is 2.67 bits per heavy atom. The number of amides is 1. The first-order valence-corrected chi connectivity index (χ1v) is 10.3. The van der Waals surface area contributed by atoms with Crippen LogP contribution in [0.5, 0.6) is 0 Å². The fourth-order valence-corrected chi connectivity index (χ4v) is 3.60. The van der Waals surface area contributed by atoms with Crippen LogP contribution in [0.2, 0.25) is 0 Å². The molecule has 4 nitrogen and oxygen atoms in total. The summed E-state index contributed by atoms with van der Waals surface area (Å²) in [5.41, 5.74) is 0.983. The number of nitrogens with zero attached hydrogens (tertiary/aromatic N) is 1. The molecule has 0 spiro atoms. The third-order valence-electron chi connectivity index (χ3n) is 5.12. The maximum Gasteiger partial charge on any atom is 0.410 e. The molecule has 1 fully saturated rings. The summed E-state index contributed by atoms with van der Waals surface area (Å²) >= 11 is 0. The highest BCUT2D eigenvalue weighted by atomic mass is 16.6. The van der Waals surface area contributed by atoms with Gasteiger partial charge in [-0.3, -0.25) is 4.90 Å². The van der Waals surface area contributed by atoms with Crippen molar-refractivity contribution in [2.45, 2.75) is 83.9 Å². The zero-order valence-electron chi connectivity index (χ0n) is 16.7. The summed E-state index contributed by atoms with van der Waals surface area (Å²) < 4.78 is 5.59. The van der Waals surface area contributed by atoms with Crippen LogP contribution in [-0.2, 0) is 16.1 Å². The van der Waals surface area contributed by atoms with E-state index in [0.717, 1.165) is 31.2 Å². The van der Waals surface area contributed by atoms with E-state index in [4.69, 9.17) is 4.74 Å². The van der Waals surface area contributed by atoms with Crippen LogP contribution in [0.25, 0.3) is 0 Å². The molecule has 1 aromatic rings. The Kier molecular flexibility index (Phi) is 9.09. The number of benzene rings is 1. The van der Waals surface area contributed by atoms with Crippen LogP contribution in [-0.4, -0.2) is 28.9 Å². The highest BCUT2D eigenvalue weighted by Gasteiger charge is 2.36. The van der Waals surface area contributed by atoms with Crippen molar-refractivity contribution >= 4 is 11.9 Å². The number of carbonyl (C=O) groups is 2. The van der Waals surface area contributed by atoms with Gasteiger partial charge in [-0.25, -0.2) is 4.79 Å². The zero-order chi connectivity index (χ0) is 19.5. The minimum Gasteiger partial charge on any atom is -0.445 e. The first kappa shape index (κ1) is 21.2. The van der Waals surface area contributed by atoms with Gasteiger partial charge in [-0.2, -0.15) is 0 Å². The molecule has 2 rings (SSSR count). The monoisotopic (exact) mass is 371 g/mol. The lowest BCUT2D eigenvalue weighted by Gasteiger charge is -2.28. The average Bonchev–Trinajstić information content (AvgIpc) is 3.08. The van der Waals surface area contributed by atoms with Crippen molar-refractivity contribution in [2.75, 3.05) is 0 Å². The molecule has 0 saturated carbocycles. The number of rotatable bonds is 10. The smallest absolute Gasteiger partial charge is 0.410 e. The molecule has 2 atom stereocenters. The van der Waals surface area contributed by atoms with Crippen molar-refractivity contribution < 1.29 is 14.3 Å². The number of Topliss-reactive ketones (excluding diaryl/α,β-unsaturated/α-hetero) is 1. The Bertz CT molecular complexity index is 611. The van der Waals surface area contributed by atoms with Gasteiger partial charge >= 0.3 is 6.09 Å². The van der Waals surface area contributed by atoms with Gasteiger partial charge in [0, 0.05) is 12.5 Å². The van der Waals surface area contributed by atoms with E-state index in [-0.39, 0.29) is 30.6 Å². The van der Waals surface area contributed by atoms with E-state index in [1.165, 1.54) is 19.3 Å². The third kappa shape index (κ3) is 7.20. The SMILES string of the molecule is CCCCC/C=C/[C@@H]1CC[C@@H](CCC(C)=O)N1C(=O)OCc1ccccc1. The van der Waals surface area contributed by atoms with Crippen molar-refractivity contribution in [3.8, 4) is 0 Å². The van der Waals surface area contributed by atoms with E-state index in [0.29, 0.717) is 6.42 Å². The standard InChI is InChI=1S/C23H33NO3/c1-3-4-5-6-10-13-21-16-17-22(15-14-19(2)25)24(21)23(26)27-18-20-11-8-7-9-12-20/h7-13,21-22H,3-6,14-18H2,1-2H3/b13-10+/t21-,22-/m1/s1. The number of carbonyl (C=O) groups excluding carboxylic acids is 2. The second-order valence-corrected chi connectivity index (χ2v) is 7.41. The van der Waals surface area contributed by atoms with Gasteiger partial charge in [0.1, 0.15) is 12.4 Å². The third-order valence-corrected chi connectivity index (χ3v) is 5.12. The Morgan fingerprint density at radius 2 is 1.96 bits per heavy atom. The largest absolute Gasteiger partial charge is 0.445 e. The fraction of sp³-hybridized carbons (Fsp3) is 0.565. The lowest BCUT2D eigenvalue weighted by molar-refractivity contribution is -0.117. The van der Waals surface area contributed by atoms with Gasteiger partial charge in [0.15, 0.2) is 0 Å². The van der Waals surface area contributed by atoms with Crippen LogP contribution in [0.3, 0.4) is 0 Å². The van der Waals surface area contributed by atoms with E-state index in [1.807, 2.05) is 35.2 Å². The van der Waals surface area contributed by atoms with Crippen molar-refractivity contribution in [1.29, 1.82) is 0 Å². The van der Waals surface area contributed by atoms with Crippen LogP contribution < -0.4 is 0 Å². The minimum absolute atomic E-state index is 0.0758. The van der Waals surface area contributed by atoms with Crippen molar-refractivity contribution in [2.24, 2.45) is 0 Å². The van der Waals surface area contributed by atoms with Gasteiger partial charge in [-0.05, 0) is 44.6 Å². The molecule has 148 valence electrons. The topological polar surface area (TPSA) is 46.6 Å². The van der Waals surface area contributed by atoms with Gasteiger partial charge < -0.3 is 9.53 Å². The molecule has 0 unspecified atom stereocenters. The first-order valence-electron chi connectivity index (χ1n) is 10.3. The molecule has 4 heteroatoms. The molecular weight excluding hydrogens is 338 g/mol. The quantitative estimate of drug-likeness (QED) is 0.394. The number of hydrogen-bond acceptors (Lipinski definition) is 3. The molecule has 0 N–H and O–H groups in total. The fourth-order valence-electron chi connectivity index (χ4n) is 3.60. The number of hydrogen-bond donors (Lipinski definition) is 0. The molecule has 1 amide bonds. The summed E-state index contributed by atoms with van der Waals surface area (Å²) in [7, 11) is 0. The molecule has 0 aromatic heterocycles. The summed E-state index contributed by atoms with van der Waals surface area (Å²) in [6, 6.07) is 9.90. The van der Waals surface area contributed by atoms with Crippen LogP contribution in [0.15, 0.2) is 42.5 Å². The van der Waals surface area contributed by atoms with Crippen LogP contribution in [0.4, 0.5) is 4.79 Å². The van der Waals surface area contributed by atoms with Crippen molar-refractivity contribution in [1.82, 2.24) is 4.90 Å². The van der Waals surface area contributed by atoms with Crippen LogP contribution >= 0.6 is 0 Å². The van der Waals surface area contributed by atoms with Gasteiger partial charge in [-0.15, -0.1) is 0 Å². The summed E-state index contributed by atoms with van der Waals surface area (Å²) in [5.74, 6) is 0.172. The second-order valence-electron chi connectivity index (χ2n) is 7.41. The molecule has 1 aliphatic heterocycles. The van der Waals surface area contributed by atoms with Crippen LogP contribution in [0, 0.1) is 0 Å². The molecule has 1 aliphatic rings. The number of ether oxygens (including phenoxy) is 1. The van der Waals surface area contributed by atoms with Crippen molar-refractivity contribution in [3.63, 3.8) is 0 Å². The zero-order valence-corrected chi connectivity index (χ0v) is 16.7. The van der Waals surface area contributed by atoms with Gasteiger partial charge in [-0.1, -0.05) is 62.2 Å². The second kappa shape index (κ2) is 11.6. The lowest BCUT2D eigenvalue weighted by Crippen LogP contribution is -2.41. The van der Waals surface area contributed by atoms with Gasteiger partial charge in [0.2, 0.25) is 0 Å². The number of likely N-dealkylation sites (tertiary alicyclic amines) is 1. The Labute approximate surface area is 163 Å². The number of unbranched alkanes of at least 4 members (excludes halogenated alkanes) is 3. The molecule has 0 aliphatic carbocycles. The molecule has 27 heavy (non-hydrogen) atoms. The van der Waals surface area contributed by atoms with E-state index < -0.39 is 0 Å². The van der Waals surface area contributed by atoms with E-state index in [2.05, 4.69) is 19.1 Å². The summed E-state index contributed by atoms with van der Waals surface area (Å²) in [6.07, 6.45) is 11.9. The molecule has 0 bridgehead atoms. The Hall–Kier alpha value is -2.10. The number of allylic oxidation sites excluding steroid dienone is 1. The molecule has 0 radical (unpaired) electrons. The molecule has 1 aromatic carbocycles. The average molecular weight is 372 g/mol. The minimum atomic E-state index is -0.270. The Morgan fingerprint density at radius 1 is 1.19 bits per heavy atom. The summed E-state index contributed by atoms with van der Waals surface area (Å²) in [4.78, 5) is 26.1.